The molecule has 0 radical (unpaired) electrons. The lowest BCUT2D eigenvalue weighted by molar-refractivity contribution is -0.384. The number of anilines is 1. The lowest BCUT2D eigenvalue weighted by Gasteiger charge is -2.14. The third kappa shape index (κ3) is 6.38. The van der Waals surface area contributed by atoms with E-state index in [0.717, 1.165) is 12.0 Å². The normalized spacial score (nSPS) is 14.8. The number of non-ortho nitro benzene ring substituents is 1. The third-order valence-corrected chi connectivity index (χ3v) is 6.07. The summed E-state index contributed by atoms with van der Waals surface area (Å²) in [5.41, 5.74) is 1.21. The minimum Gasteiger partial charge on any atom is -0.508 e. The van der Waals surface area contributed by atoms with Gasteiger partial charge in [0.25, 0.3) is 11.6 Å². The highest BCUT2D eigenvalue weighted by molar-refractivity contribution is 8.26. The second kappa shape index (κ2) is 10.9. The molecule has 1 aliphatic heterocycles. The van der Waals surface area contributed by atoms with Crippen LogP contribution in [-0.4, -0.2) is 37.6 Å². The molecule has 0 bridgehead atoms. The Morgan fingerprint density at radius 3 is 2.62 bits per heavy atom. The van der Waals surface area contributed by atoms with E-state index < -0.39 is 4.92 Å². The first-order valence-electron chi connectivity index (χ1n) is 9.92. The van der Waals surface area contributed by atoms with Gasteiger partial charge in [0.05, 0.1) is 9.83 Å². The van der Waals surface area contributed by atoms with Gasteiger partial charge in [0.15, 0.2) is 0 Å². The SMILES string of the molecule is O=C(CCCCCN1C(=O)/C(=C/c2cccc(O)c2)SC1=S)Nc1ccc([N+](=O)[O-])cc1. The van der Waals surface area contributed by atoms with E-state index >= 15 is 0 Å². The fourth-order valence-electron chi connectivity index (χ4n) is 3.08. The lowest BCUT2D eigenvalue weighted by Crippen LogP contribution is -2.29. The van der Waals surface area contributed by atoms with Gasteiger partial charge in [-0.05, 0) is 48.7 Å². The molecule has 3 rings (SSSR count). The molecule has 10 heteroatoms. The van der Waals surface area contributed by atoms with Crippen molar-refractivity contribution in [2.24, 2.45) is 0 Å². The largest absolute Gasteiger partial charge is 0.508 e. The number of amides is 2. The van der Waals surface area contributed by atoms with E-state index in [0.29, 0.717) is 40.7 Å². The minimum atomic E-state index is -0.494. The van der Waals surface area contributed by atoms with Crippen LogP contribution in [0.1, 0.15) is 31.2 Å². The first-order valence-corrected chi connectivity index (χ1v) is 11.1. The van der Waals surface area contributed by atoms with Crippen molar-refractivity contribution in [2.45, 2.75) is 25.7 Å². The number of rotatable bonds is 9. The van der Waals surface area contributed by atoms with Gasteiger partial charge in [-0.2, -0.15) is 0 Å². The van der Waals surface area contributed by atoms with Gasteiger partial charge in [-0.1, -0.05) is 42.5 Å². The van der Waals surface area contributed by atoms with Crippen molar-refractivity contribution in [3.8, 4) is 5.75 Å². The highest BCUT2D eigenvalue weighted by Crippen LogP contribution is 2.33. The van der Waals surface area contributed by atoms with Crippen LogP contribution in [0.5, 0.6) is 5.75 Å². The first-order chi connectivity index (χ1) is 15.3. The average molecular weight is 472 g/mol. The van der Waals surface area contributed by atoms with Gasteiger partial charge in [-0.25, -0.2) is 0 Å². The monoisotopic (exact) mass is 471 g/mol. The summed E-state index contributed by atoms with van der Waals surface area (Å²) in [6.45, 7) is 0.478. The van der Waals surface area contributed by atoms with Crippen molar-refractivity contribution in [1.82, 2.24) is 4.90 Å². The number of carbonyl (C=O) groups excluding carboxylic acids is 2. The maximum atomic E-state index is 12.6. The summed E-state index contributed by atoms with van der Waals surface area (Å²) in [7, 11) is 0. The zero-order valence-corrected chi connectivity index (χ0v) is 18.7. The molecule has 2 amide bonds. The molecule has 8 nitrogen and oxygen atoms in total. The molecule has 32 heavy (non-hydrogen) atoms. The molecule has 1 aliphatic rings. The number of thiocarbonyl (C=S) groups is 1. The Morgan fingerprint density at radius 2 is 1.94 bits per heavy atom. The molecule has 1 heterocycles. The molecule has 0 unspecified atom stereocenters. The number of nitrogens with zero attached hydrogens (tertiary/aromatic N) is 2. The maximum absolute atomic E-state index is 12.6. The van der Waals surface area contributed by atoms with Crippen LogP contribution >= 0.6 is 24.0 Å². The second-order valence-corrected chi connectivity index (χ2v) is 8.77. The molecule has 1 saturated heterocycles. The maximum Gasteiger partial charge on any atom is 0.269 e. The van der Waals surface area contributed by atoms with Crippen LogP contribution in [0.15, 0.2) is 53.4 Å². The van der Waals surface area contributed by atoms with Gasteiger partial charge in [-0.15, -0.1) is 0 Å². The Kier molecular flexibility index (Phi) is 7.96. The van der Waals surface area contributed by atoms with Crippen molar-refractivity contribution in [2.75, 3.05) is 11.9 Å². The minimum absolute atomic E-state index is 0.0320. The van der Waals surface area contributed by atoms with Crippen molar-refractivity contribution < 1.29 is 19.6 Å². The predicted octanol–water partition coefficient (Wildman–Crippen LogP) is 4.70. The molecular formula is C22H21N3O5S2. The highest BCUT2D eigenvalue weighted by Gasteiger charge is 2.31. The molecule has 2 N–H and O–H groups in total. The van der Waals surface area contributed by atoms with Crippen molar-refractivity contribution in [3.05, 3.63) is 69.1 Å². The van der Waals surface area contributed by atoms with E-state index in [-0.39, 0.29) is 23.3 Å². The quantitative estimate of drug-likeness (QED) is 0.179. The Bertz CT molecular complexity index is 1070. The summed E-state index contributed by atoms with van der Waals surface area (Å²) >= 11 is 6.56. The molecule has 2 aromatic rings. The topological polar surface area (TPSA) is 113 Å². The Labute approximate surface area is 194 Å². The fourth-order valence-corrected chi connectivity index (χ4v) is 4.39. The van der Waals surface area contributed by atoms with Gasteiger partial charge in [0.1, 0.15) is 10.1 Å². The van der Waals surface area contributed by atoms with Crippen LogP contribution in [0.2, 0.25) is 0 Å². The molecule has 166 valence electrons. The van der Waals surface area contributed by atoms with Crippen LogP contribution < -0.4 is 5.32 Å². The van der Waals surface area contributed by atoms with E-state index in [2.05, 4.69) is 5.32 Å². The smallest absolute Gasteiger partial charge is 0.269 e. The number of benzene rings is 2. The molecule has 0 spiro atoms. The van der Waals surface area contributed by atoms with E-state index in [1.165, 1.54) is 36.0 Å². The fraction of sp³-hybridized carbons (Fsp3) is 0.227. The van der Waals surface area contributed by atoms with Gasteiger partial charge in [0, 0.05) is 30.8 Å². The summed E-state index contributed by atoms with van der Waals surface area (Å²) in [5, 5.41) is 22.9. The summed E-state index contributed by atoms with van der Waals surface area (Å²) in [5.74, 6) is -0.190. The number of nitrogens with one attached hydrogen (secondary N) is 1. The van der Waals surface area contributed by atoms with Gasteiger partial charge in [0.2, 0.25) is 5.91 Å². The van der Waals surface area contributed by atoms with E-state index in [9.17, 15) is 24.8 Å². The Hall–Kier alpha value is -3.24. The molecule has 2 aromatic carbocycles. The van der Waals surface area contributed by atoms with Crippen LogP contribution in [0.4, 0.5) is 11.4 Å². The number of nitro benzene ring substituents is 1. The number of hydrogen-bond donors (Lipinski definition) is 2. The number of phenols is 1. The number of hydrogen-bond acceptors (Lipinski definition) is 7. The van der Waals surface area contributed by atoms with E-state index in [4.69, 9.17) is 12.2 Å². The average Bonchev–Trinajstić information content (AvgIpc) is 3.01. The number of aromatic hydroxyl groups is 1. The zero-order chi connectivity index (χ0) is 23.1. The van der Waals surface area contributed by atoms with E-state index in [1.54, 1.807) is 35.2 Å². The van der Waals surface area contributed by atoms with E-state index in [1.807, 2.05) is 0 Å². The number of phenolic OH excluding ortho intramolecular Hbond substituents is 1. The number of unbranched alkanes of at least 4 members (excludes halogenated alkanes) is 2. The highest BCUT2D eigenvalue weighted by atomic mass is 32.2. The zero-order valence-electron chi connectivity index (χ0n) is 17.0. The van der Waals surface area contributed by atoms with Crippen LogP contribution in [0.3, 0.4) is 0 Å². The summed E-state index contributed by atoms with van der Waals surface area (Å²) in [6.07, 6.45) is 4.12. The van der Waals surface area contributed by atoms with Crippen molar-refractivity contribution in [3.63, 3.8) is 0 Å². The summed E-state index contributed by atoms with van der Waals surface area (Å²) in [4.78, 5) is 36.9. The van der Waals surface area contributed by atoms with Crippen LogP contribution in [0.25, 0.3) is 6.08 Å². The summed E-state index contributed by atoms with van der Waals surface area (Å²) < 4.78 is 0.498. The second-order valence-electron chi connectivity index (χ2n) is 7.09. The van der Waals surface area contributed by atoms with Crippen LogP contribution in [-0.2, 0) is 9.59 Å². The molecular weight excluding hydrogens is 450 g/mol. The molecule has 0 saturated carbocycles. The molecule has 0 aliphatic carbocycles. The third-order valence-electron chi connectivity index (χ3n) is 4.69. The lowest BCUT2D eigenvalue weighted by atomic mass is 10.1. The van der Waals surface area contributed by atoms with Gasteiger partial charge in [-0.3, -0.25) is 24.6 Å². The molecule has 0 atom stereocenters. The van der Waals surface area contributed by atoms with Crippen molar-refractivity contribution >= 4 is 57.6 Å². The standard InChI is InChI=1S/C22H21N3O5S2/c26-18-6-4-5-15(13-18)14-19-21(28)24(22(31)32-19)12-3-1-2-7-20(27)23-16-8-10-17(11-9-16)25(29)30/h4-6,8-11,13-14,26H,1-3,7,12H2,(H,23,27)/b19-14-. The Morgan fingerprint density at radius 1 is 1.19 bits per heavy atom. The number of carbonyl (C=O) groups is 2. The molecule has 1 fully saturated rings. The predicted molar refractivity (Wildman–Crippen MR) is 128 cm³/mol. The number of nitro groups is 1. The summed E-state index contributed by atoms with van der Waals surface area (Å²) in [6, 6.07) is 12.3. The van der Waals surface area contributed by atoms with Crippen LogP contribution in [0, 0.1) is 10.1 Å². The Balaban J connectivity index is 1.40. The van der Waals surface area contributed by atoms with Gasteiger partial charge < -0.3 is 10.4 Å². The van der Waals surface area contributed by atoms with Crippen molar-refractivity contribution in [1.29, 1.82) is 0 Å². The molecule has 0 aromatic heterocycles. The first kappa shape index (κ1) is 23.4. The van der Waals surface area contributed by atoms with Gasteiger partial charge >= 0.3 is 0 Å². The number of thioether (sulfide) groups is 1.